The summed E-state index contributed by atoms with van der Waals surface area (Å²) in [4.78, 5) is 24.4. The van der Waals surface area contributed by atoms with Crippen LogP contribution in [0.2, 0.25) is 0 Å². The van der Waals surface area contributed by atoms with Crippen LogP contribution in [0.25, 0.3) is 10.8 Å². The fraction of sp³-hybridized carbons (Fsp3) is 0.263. The molecule has 3 nitrogen and oxygen atoms in total. The number of alkyl halides is 4. The number of rotatable bonds is 1. The molecule has 1 aliphatic heterocycles. The number of carbonyl (C=O) groups excluding carboxylic acids is 2. The second-order valence-corrected chi connectivity index (χ2v) is 10.4. The van der Waals surface area contributed by atoms with Gasteiger partial charge < -0.3 is 0 Å². The summed E-state index contributed by atoms with van der Waals surface area (Å²) in [6.07, 6.45) is 0. The number of allylic oxidation sites excluding steroid dienone is 2. The standard InChI is InChI=1S/C19H9Cl6NO2/c20-13-14(21)18(23)12-11(17(13,22)19(18,24)25)15(27)26(16(12)28)10-7-3-5-8-4-1-2-6-9(8)10/h1-7,11-12H. The summed E-state index contributed by atoms with van der Waals surface area (Å²) >= 11 is 39.1. The van der Waals surface area contributed by atoms with Crippen molar-refractivity contribution in [2.24, 2.45) is 11.8 Å². The normalized spacial score (nSPS) is 36.0. The first-order chi connectivity index (χ1) is 13.1. The van der Waals surface area contributed by atoms with Crippen LogP contribution in [0.3, 0.4) is 0 Å². The van der Waals surface area contributed by atoms with Crippen molar-refractivity contribution < 1.29 is 9.59 Å². The van der Waals surface area contributed by atoms with Crippen molar-refractivity contribution in [2.45, 2.75) is 14.1 Å². The molecule has 1 saturated heterocycles. The molecule has 0 N–H and O–H groups in total. The molecule has 0 spiro atoms. The topological polar surface area (TPSA) is 37.4 Å². The maximum atomic E-state index is 13.4. The van der Waals surface area contributed by atoms with E-state index in [-0.39, 0.29) is 10.1 Å². The quantitative estimate of drug-likeness (QED) is 0.371. The van der Waals surface area contributed by atoms with E-state index in [1.54, 1.807) is 12.1 Å². The minimum absolute atomic E-state index is 0.0991. The molecular weight excluding hydrogens is 487 g/mol. The van der Waals surface area contributed by atoms with Gasteiger partial charge in [-0.2, -0.15) is 0 Å². The summed E-state index contributed by atoms with van der Waals surface area (Å²) < 4.78 is -1.93. The Morgan fingerprint density at radius 1 is 0.750 bits per heavy atom. The van der Waals surface area contributed by atoms with Crippen LogP contribution in [0, 0.1) is 11.8 Å². The first-order valence-corrected chi connectivity index (χ1v) is 10.5. The highest BCUT2D eigenvalue weighted by Gasteiger charge is 2.87. The number of imide groups is 1. The van der Waals surface area contributed by atoms with Gasteiger partial charge in [0.25, 0.3) is 0 Å². The molecule has 2 aliphatic carbocycles. The molecule has 2 bridgehead atoms. The van der Waals surface area contributed by atoms with E-state index in [2.05, 4.69) is 0 Å². The molecule has 9 heteroatoms. The molecule has 5 rings (SSSR count). The molecule has 4 unspecified atom stereocenters. The van der Waals surface area contributed by atoms with Crippen molar-refractivity contribution in [2.75, 3.05) is 4.90 Å². The highest BCUT2D eigenvalue weighted by Crippen LogP contribution is 2.77. The minimum atomic E-state index is -1.93. The number of halogens is 6. The van der Waals surface area contributed by atoms with E-state index in [0.717, 1.165) is 15.7 Å². The Hall–Kier alpha value is -0.680. The highest BCUT2D eigenvalue weighted by atomic mass is 35.5. The second-order valence-electron chi connectivity index (χ2n) is 7.09. The monoisotopic (exact) mass is 493 g/mol. The predicted octanol–water partition coefficient (Wildman–Crippen LogP) is 5.79. The number of hydrogen-bond donors (Lipinski definition) is 0. The number of benzene rings is 2. The SMILES string of the molecule is O=C1C2C(C(=O)N1c1cccc3ccccc13)C1(Cl)C(Cl)=C(Cl)C2(Cl)C1(Cl)Cl. The number of hydrogen-bond acceptors (Lipinski definition) is 2. The Balaban J connectivity index is 1.74. The van der Waals surface area contributed by atoms with Gasteiger partial charge in [0.15, 0.2) is 4.33 Å². The third-order valence-electron chi connectivity index (χ3n) is 5.92. The summed E-state index contributed by atoms with van der Waals surface area (Å²) in [6.45, 7) is 0. The molecule has 144 valence electrons. The van der Waals surface area contributed by atoms with Crippen LogP contribution in [0.4, 0.5) is 5.69 Å². The summed E-state index contributed by atoms with van der Waals surface area (Å²) in [5.41, 5.74) is 0.435. The molecule has 1 saturated carbocycles. The van der Waals surface area contributed by atoms with Gasteiger partial charge in [0.1, 0.15) is 9.75 Å². The molecule has 2 amide bonds. The Bertz CT molecular complexity index is 1080. The fourth-order valence-corrected chi connectivity index (χ4v) is 7.56. The molecule has 2 fully saturated rings. The van der Waals surface area contributed by atoms with Crippen LogP contribution in [0.15, 0.2) is 52.5 Å². The van der Waals surface area contributed by atoms with Crippen molar-refractivity contribution in [3.63, 3.8) is 0 Å². The number of anilines is 1. The third-order valence-corrected chi connectivity index (χ3v) is 10.2. The van der Waals surface area contributed by atoms with Gasteiger partial charge in [-0.05, 0) is 11.5 Å². The zero-order chi connectivity index (χ0) is 20.2. The van der Waals surface area contributed by atoms with E-state index in [1.165, 1.54) is 0 Å². The molecule has 2 aromatic rings. The first kappa shape index (κ1) is 19.3. The zero-order valence-electron chi connectivity index (χ0n) is 13.7. The summed E-state index contributed by atoms with van der Waals surface area (Å²) in [5.74, 6) is -3.39. The lowest BCUT2D eigenvalue weighted by molar-refractivity contribution is -0.123. The van der Waals surface area contributed by atoms with E-state index in [9.17, 15) is 9.59 Å². The number of carbonyl (C=O) groups is 2. The predicted molar refractivity (Wildman–Crippen MR) is 114 cm³/mol. The molecule has 28 heavy (non-hydrogen) atoms. The van der Waals surface area contributed by atoms with E-state index in [1.807, 2.05) is 30.3 Å². The van der Waals surface area contributed by atoms with Crippen LogP contribution in [0.1, 0.15) is 0 Å². The lowest BCUT2D eigenvalue weighted by atomic mass is 9.84. The largest absolute Gasteiger partial charge is 0.274 e. The van der Waals surface area contributed by atoms with Crippen LogP contribution in [-0.4, -0.2) is 25.9 Å². The third kappa shape index (κ3) is 1.84. The summed E-state index contributed by atoms with van der Waals surface area (Å²) in [5, 5.41) is 1.41. The lowest BCUT2D eigenvalue weighted by Gasteiger charge is -2.34. The molecular formula is C19H9Cl6NO2. The second kappa shape index (κ2) is 5.72. The van der Waals surface area contributed by atoms with E-state index >= 15 is 0 Å². The highest BCUT2D eigenvalue weighted by molar-refractivity contribution is 6.67. The summed E-state index contributed by atoms with van der Waals surface area (Å²) in [6, 6.07) is 12.7. The maximum Gasteiger partial charge on any atom is 0.240 e. The van der Waals surface area contributed by atoms with Gasteiger partial charge in [-0.25, -0.2) is 4.90 Å². The molecule has 0 aromatic heterocycles. The molecule has 1 heterocycles. The van der Waals surface area contributed by atoms with Crippen molar-refractivity contribution in [1.29, 1.82) is 0 Å². The van der Waals surface area contributed by atoms with Gasteiger partial charge in [-0.1, -0.05) is 82.8 Å². The van der Waals surface area contributed by atoms with Crippen LogP contribution in [0.5, 0.6) is 0 Å². The van der Waals surface area contributed by atoms with Crippen LogP contribution in [-0.2, 0) is 9.59 Å². The average molecular weight is 496 g/mol. The lowest BCUT2D eigenvalue weighted by Crippen LogP contribution is -2.50. The Kier molecular flexibility index (Phi) is 3.94. The average Bonchev–Trinajstić information content (AvgIpc) is 3.05. The maximum absolute atomic E-state index is 13.4. The smallest absolute Gasteiger partial charge is 0.240 e. The van der Waals surface area contributed by atoms with Crippen molar-refractivity contribution in [3.8, 4) is 0 Å². The van der Waals surface area contributed by atoms with Gasteiger partial charge in [0, 0.05) is 5.39 Å². The van der Waals surface area contributed by atoms with Gasteiger partial charge in [-0.3, -0.25) is 9.59 Å². The minimum Gasteiger partial charge on any atom is -0.274 e. The summed E-state index contributed by atoms with van der Waals surface area (Å²) in [7, 11) is 0. The van der Waals surface area contributed by atoms with Gasteiger partial charge in [0.2, 0.25) is 11.8 Å². The Morgan fingerprint density at radius 2 is 1.25 bits per heavy atom. The number of amides is 2. The molecule has 0 radical (unpaired) electrons. The Labute approximate surface area is 190 Å². The first-order valence-electron chi connectivity index (χ1n) is 8.27. The van der Waals surface area contributed by atoms with Crippen LogP contribution >= 0.6 is 69.6 Å². The van der Waals surface area contributed by atoms with E-state index < -0.39 is 37.7 Å². The number of fused-ring (bicyclic) bond motifs is 6. The molecule has 3 aliphatic rings. The van der Waals surface area contributed by atoms with E-state index in [4.69, 9.17) is 69.6 Å². The van der Waals surface area contributed by atoms with Crippen molar-refractivity contribution in [1.82, 2.24) is 0 Å². The van der Waals surface area contributed by atoms with Crippen molar-refractivity contribution >= 4 is 97.9 Å². The van der Waals surface area contributed by atoms with Crippen molar-refractivity contribution in [3.05, 3.63) is 52.5 Å². The number of nitrogens with zero attached hydrogens (tertiary/aromatic N) is 1. The molecule has 2 aromatic carbocycles. The fourth-order valence-electron chi connectivity index (χ4n) is 4.64. The van der Waals surface area contributed by atoms with Gasteiger partial charge in [0.05, 0.1) is 27.6 Å². The van der Waals surface area contributed by atoms with Gasteiger partial charge in [-0.15, -0.1) is 23.2 Å². The van der Waals surface area contributed by atoms with Gasteiger partial charge >= 0.3 is 0 Å². The zero-order valence-corrected chi connectivity index (χ0v) is 18.3. The molecule has 4 atom stereocenters. The van der Waals surface area contributed by atoms with E-state index in [0.29, 0.717) is 5.69 Å². The Morgan fingerprint density at radius 3 is 1.82 bits per heavy atom. The van der Waals surface area contributed by atoms with Crippen LogP contribution < -0.4 is 4.90 Å².